The molecule has 0 amide bonds. The zero-order chi connectivity index (χ0) is 12.8. The van der Waals surface area contributed by atoms with Gasteiger partial charge in [-0.3, -0.25) is 0 Å². The van der Waals surface area contributed by atoms with Gasteiger partial charge in [-0.05, 0) is 57.2 Å². The first-order valence-corrected chi connectivity index (χ1v) is 7.25. The van der Waals surface area contributed by atoms with Gasteiger partial charge >= 0.3 is 0 Å². The normalized spacial score (nSPS) is 19.5. The molecule has 0 radical (unpaired) electrons. The van der Waals surface area contributed by atoms with Crippen LogP contribution in [0.4, 0.5) is 0 Å². The van der Waals surface area contributed by atoms with Gasteiger partial charge in [-0.25, -0.2) is 0 Å². The number of rotatable bonds is 0. The monoisotopic (exact) mass is 246 g/mol. The maximum Gasteiger partial charge on any atom is -0.00791 e. The summed E-state index contributed by atoms with van der Waals surface area (Å²) in [5.74, 6) is 0.727. The first-order chi connectivity index (χ1) is 9.33. The maximum atomic E-state index is 2.44. The van der Waals surface area contributed by atoms with Gasteiger partial charge in [0.15, 0.2) is 0 Å². The van der Waals surface area contributed by atoms with Crippen LogP contribution in [-0.4, -0.2) is 0 Å². The Morgan fingerprint density at radius 3 is 2.74 bits per heavy atom. The van der Waals surface area contributed by atoms with Crippen LogP contribution < -0.4 is 10.4 Å². The highest BCUT2D eigenvalue weighted by Crippen LogP contribution is 2.20. The van der Waals surface area contributed by atoms with Gasteiger partial charge in [0, 0.05) is 0 Å². The van der Waals surface area contributed by atoms with Gasteiger partial charge in [0.1, 0.15) is 0 Å². The molecular weight excluding hydrogens is 228 g/mol. The molecule has 0 spiro atoms. The van der Waals surface area contributed by atoms with Crippen molar-refractivity contribution >= 4 is 12.2 Å². The predicted octanol–water partition coefficient (Wildman–Crippen LogP) is 2.67. The summed E-state index contributed by atoms with van der Waals surface area (Å²) in [6.07, 6.45) is 8.46. The molecule has 1 unspecified atom stereocenters. The fraction of sp³-hybridized carbons (Fsp3) is 0.263. The molecule has 0 heterocycles. The highest BCUT2D eigenvalue weighted by molar-refractivity contribution is 5.47. The molecule has 0 bridgehead atoms. The average Bonchev–Trinajstić information content (AvgIpc) is 2.46. The molecule has 19 heavy (non-hydrogen) atoms. The standard InChI is InChI=1S/C19H18/c1-13-6-9-17-15(12-13)8-11-18-16-5-3-2-4-14(16)7-10-19(17)18/h2-5,7-8,11-13H,6,9-10H2,1H3. The van der Waals surface area contributed by atoms with Crippen molar-refractivity contribution < 1.29 is 0 Å². The van der Waals surface area contributed by atoms with E-state index >= 15 is 0 Å². The summed E-state index contributed by atoms with van der Waals surface area (Å²) in [5.41, 5.74) is 3.17. The van der Waals surface area contributed by atoms with Crippen LogP contribution in [0.3, 0.4) is 0 Å². The minimum Gasteiger partial charge on any atom is -0.0741 e. The highest BCUT2D eigenvalue weighted by atomic mass is 14.2. The van der Waals surface area contributed by atoms with E-state index in [-0.39, 0.29) is 0 Å². The Balaban J connectivity index is 2.19. The van der Waals surface area contributed by atoms with E-state index in [1.54, 1.807) is 11.1 Å². The van der Waals surface area contributed by atoms with Crippen molar-refractivity contribution in [2.45, 2.75) is 26.2 Å². The molecule has 4 rings (SSSR count). The van der Waals surface area contributed by atoms with Crippen molar-refractivity contribution in [2.24, 2.45) is 5.92 Å². The van der Waals surface area contributed by atoms with Crippen molar-refractivity contribution in [3.05, 3.63) is 68.4 Å². The number of benzene rings is 2. The third-order valence-electron chi connectivity index (χ3n) is 4.56. The Bertz CT molecular complexity index is 856. The Labute approximate surface area is 113 Å². The van der Waals surface area contributed by atoms with Crippen LogP contribution in [0.5, 0.6) is 0 Å². The second-order valence-corrected chi connectivity index (χ2v) is 5.84. The van der Waals surface area contributed by atoms with Gasteiger partial charge in [-0.1, -0.05) is 55.5 Å². The van der Waals surface area contributed by atoms with Gasteiger partial charge in [-0.15, -0.1) is 0 Å². The molecule has 2 aromatic rings. The highest BCUT2D eigenvalue weighted by Gasteiger charge is 2.13. The van der Waals surface area contributed by atoms with Crippen LogP contribution in [0.2, 0.25) is 0 Å². The molecule has 0 saturated carbocycles. The van der Waals surface area contributed by atoms with Crippen molar-refractivity contribution in [1.29, 1.82) is 0 Å². The quantitative estimate of drug-likeness (QED) is 0.670. The van der Waals surface area contributed by atoms with E-state index in [0.717, 1.165) is 12.3 Å². The van der Waals surface area contributed by atoms with E-state index in [9.17, 15) is 0 Å². The number of hydrogen-bond acceptors (Lipinski definition) is 0. The van der Waals surface area contributed by atoms with Gasteiger partial charge in [0.2, 0.25) is 0 Å². The van der Waals surface area contributed by atoms with Crippen molar-refractivity contribution in [1.82, 2.24) is 0 Å². The van der Waals surface area contributed by atoms with Gasteiger partial charge in [0.05, 0.1) is 0 Å². The lowest BCUT2D eigenvalue weighted by atomic mass is 9.86. The summed E-state index contributed by atoms with van der Waals surface area (Å²) < 4.78 is 0. The Hall–Kier alpha value is -1.82. The summed E-state index contributed by atoms with van der Waals surface area (Å²) in [4.78, 5) is 0. The Kier molecular flexibility index (Phi) is 2.38. The first-order valence-electron chi connectivity index (χ1n) is 7.25. The van der Waals surface area contributed by atoms with E-state index in [1.165, 1.54) is 33.7 Å². The molecular formula is C19H18. The molecule has 0 heteroatoms. The minimum atomic E-state index is 0.727. The topological polar surface area (TPSA) is 0 Å². The van der Waals surface area contributed by atoms with Crippen LogP contribution in [0.1, 0.15) is 24.5 Å². The largest absolute Gasteiger partial charge is 0.0741 e. The lowest BCUT2D eigenvalue weighted by Gasteiger charge is -2.19. The minimum absolute atomic E-state index is 0.727. The van der Waals surface area contributed by atoms with Crippen LogP contribution in [0.15, 0.2) is 36.4 Å². The van der Waals surface area contributed by atoms with Crippen molar-refractivity contribution in [3.8, 4) is 0 Å². The summed E-state index contributed by atoms with van der Waals surface area (Å²) in [6.45, 7) is 2.32. The summed E-state index contributed by atoms with van der Waals surface area (Å²) in [7, 11) is 0. The van der Waals surface area contributed by atoms with Crippen LogP contribution in [-0.2, 0) is 12.8 Å². The maximum absolute atomic E-state index is 2.44. The smallest absolute Gasteiger partial charge is 0.00791 e. The molecule has 2 aromatic carbocycles. The zero-order valence-electron chi connectivity index (χ0n) is 11.3. The molecule has 0 fully saturated rings. The molecule has 0 nitrogen and oxygen atoms in total. The number of fused-ring (bicyclic) bond motifs is 4. The van der Waals surface area contributed by atoms with E-state index in [2.05, 4.69) is 55.5 Å². The second kappa shape index (κ2) is 4.09. The molecule has 0 aromatic heterocycles. The van der Waals surface area contributed by atoms with Crippen LogP contribution >= 0.6 is 0 Å². The van der Waals surface area contributed by atoms with Crippen molar-refractivity contribution in [2.75, 3.05) is 0 Å². The lowest BCUT2D eigenvalue weighted by molar-refractivity contribution is 0.656. The molecule has 0 saturated heterocycles. The fourth-order valence-corrected chi connectivity index (χ4v) is 3.54. The van der Waals surface area contributed by atoms with Gasteiger partial charge in [0.25, 0.3) is 0 Å². The predicted molar refractivity (Wildman–Crippen MR) is 79.9 cm³/mol. The summed E-state index contributed by atoms with van der Waals surface area (Å²) >= 11 is 0. The van der Waals surface area contributed by atoms with E-state index in [0.29, 0.717) is 0 Å². The fourth-order valence-electron chi connectivity index (χ4n) is 3.54. The van der Waals surface area contributed by atoms with Crippen LogP contribution in [0.25, 0.3) is 12.2 Å². The second-order valence-electron chi connectivity index (χ2n) is 5.84. The molecule has 1 atom stereocenters. The van der Waals surface area contributed by atoms with E-state index in [4.69, 9.17) is 0 Å². The molecule has 2 aliphatic rings. The third kappa shape index (κ3) is 1.67. The van der Waals surface area contributed by atoms with Gasteiger partial charge in [-0.2, -0.15) is 0 Å². The van der Waals surface area contributed by atoms with E-state index in [1.807, 2.05) is 0 Å². The molecule has 0 aliphatic heterocycles. The summed E-state index contributed by atoms with van der Waals surface area (Å²) in [6, 6.07) is 13.4. The Morgan fingerprint density at radius 1 is 0.895 bits per heavy atom. The zero-order valence-corrected chi connectivity index (χ0v) is 11.3. The average molecular weight is 246 g/mol. The van der Waals surface area contributed by atoms with Crippen LogP contribution in [0, 0.1) is 16.4 Å². The lowest BCUT2D eigenvalue weighted by Crippen LogP contribution is -2.22. The Morgan fingerprint density at radius 2 is 1.79 bits per heavy atom. The molecule has 2 aliphatic carbocycles. The van der Waals surface area contributed by atoms with Gasteiger partial charge < -0.3 is 0 Å². The van der Waals surface area contributed by atoms with E-state index < -0.39 is 0 Å². The number of hydrogen-bond donors (Lipinski definition) is 0. The molecule has 0 N–H and O–H groups in total. The SMILES string of the molecule is CC1C=c2ccc3c(c2CC1)CC=c1ccccc1=3. The summed E-state index contributed by atoms with van der Waals surface area (Å²) in [5, 5.41) is 5.73. The van der Waals surface area contributed by atoms with Crippen molar-refractivity contribution in [3.63, 3.8) is 0 Å². The first kappa shape index (κ1) is 11.0. The molecule has 94 valence electrons. The third-order valence-corrected chi connectivity index (χ3v) is 4.56.